The van der Waals surface area contributed by atoms with E-state index in [-0.39, 0.29) is 5.69 Å². The van der Waals surface area contributed by atoms with Crippen molar-refractivity contribution in [3.05, 3.63) is 29.3 Å². The van der Waals surface area contributed by atoms with Crippen molar-refractivity contribution in [1.82, 2.24) is 0 Å². The zero-order chi connectivity index (χ0) is 15.0. The number of aryl methyl sites for hydroxylation is 1. The van der Waals surface area contributed by atoms with Gasteiger partial charge in [0.05, 0.1) is 11.4 Å². The highest BCUT2D eigenvalue weighted by Gasteiger charge is 2.33. The Balaban J connectivity index is 2.44. The molecule has 0 amide bonds. The smallest absolute Gasteiger partial charge is 0.376 e. The van der Waals surface area contributed by atoms with Gasteiger partial charge >= 0.3 is 6.18 Å². The minimum Gasteiger partial charge on any atom is -0.376 e. The Morgan fingerprint density at radius 2 is 1.90 bits per heavy atom. The Labute approximate surface area is 123 Å². The number of thioether (sulfide) groups is 1. The van der Waals surface area contributed by atoms with Gasteiger partial charge in [-0.25, -0.2) is 0 Å². The standard InChI is InChI=1S/C15H22F3NS/c1-3-4-5-6-9-20-11-19-14-8-7-12(2)10-13(14)15(16,17)18/h7-8,10,19H,3-6,9,11H2,1-2H3. The second kappa shape index (κ2) is 8.45. The number of hydrogen-bond donors (Lipinski definition) is 1. The summed E-state index contributed by atoms with van der Waals surface area (Å²) in [7, 11) is 0. The zero-order valence-electron chi connectivity index (χ0n) is 12.0. The summed E-state index contributed by atoms with van der Waals surface area (Å²) in [5, 5.41) is 2.88. The molecule has 1 aromatic carbocycles. The number of halogens is 3. The second-order valence-electron chi connectivity index (χ2n) is 4.84. The average Bonchev–Trinajstić information content (AvgIpc) is 2.38. The molecule has 5 heteroatoms. The van der Waals surface area contributed by atoms with Gasteiger partial charge in [0.1, 0.15) is 0 Å². The topological polar surface area (TPSA) is 12.0 Å². The van der Waals surface area contributed by atoms with E-state index in [0.717, 1.165) is 12.2 Å². The maximum absolute atomic E-state index is 12.9. The summed E-state index contributed by atoms with van der Waals surface area (Å²) >= 11 is 1.64. The van der Waals surface area contributed by atoms with Crippen molar-refractivity contribution in [2.24, 2.45) is 0 Å². The molecule has 0 bridgehead atoms. The first-order valence-electron chi connectivity index (χ1n) is 6.94. The third-order valence-electron chi connectivity index (χ3n) is 2.99. The van der Waals surface area contributed by atoms with Crippen molar-refractivity contribution in [1.29, 1.82) is 0 Å². The van der Waals surface area contributed by atoms with Crippen LogP contribution in [-0.4, -0.2) is 11.6 Å². The molecule has 0 atom stereocenters. The molecule has 0 unspecified atom stereocenters. The molecule has 0 radical (unpaired) electrons. The van der Waals surface area contributed by atoms with E-state index >= 15 is 0 Å². The number of hydrogen-bond acceptors (Lipinski definition) is 2. The van der Waals surface area contributed by atoms with Gasteiger partial charge in [0.15, 0.2) is 0 Å². The molecule has 0 heterocycles. The van der Waals surface area contributed by atoms with E-state index in [1.165, 1.54) is 31.4 Å². The molecule has 0 aliphatic carbocycles. The van der Waals surface area contributed by atoms with E-state index in [2.05, 4.69) is 12.2 Å². The number of unbranched alkanes of at least 4 members (excludes halogenated alkanes) is 3. The zero-order valence-corrected chi connectivity index (χ0v) is 12.8. The van der Waals surface area contributed by atoms with Gasteiger partial charge in [-0.05, 0) is 31.2 Å². The summed E-state index contributed by atoms with van der Waals surface area (Å²) < 4.78 is 38.7. The van der Waals surface area contributed by atoms with E-state index in [0.29, 0.717) is 11.4 Å². The van der Waals surface area contributed by atoms with E-state index in [1.54, 1.807) is 24.8 Å². The molecule has 1 aromatic rings. The van der Waals surface area contributed by atoms with Crippen LogP contribution in [0.5, 0.6) is 0 Å². The Morgan fingerprint density at radius 3 is 2.55 bits per heavy atom. The van der Waals surface area contributed by atoms with Crippen molar-refractivity contribution in [2.45, 2.75) is 45.7 Å². The normalized spacial score (nSPS) is 11.7. The number of anilines is 1. The molecule has 0 fully saturated rings. The van der Waals surface area contributed by atoms with Crippen LogP contribution >= 0.6 is 11.8 Å². The molecule has 20 heavy (non-hydrogen) atoms. The highest BCUT2D eigenvalue weighted by Crippen LogP contribution is 2.35. The summed E-state index contributed by atoms with van der Waals surface area (Å²) in [6.45, 7) is 3.83. The molecule has 0 saturated carbocycles. The Bertz CT molecular complexity index is 405. The molecule has 0 saturated heterocycles. The molecular weight excluding hydrogens is 283 g/mol. The van der Waals surface area contributed by atoms with Gasteiger partial charge in [-0.2, -0.15) is 13.2 Å². The van der Waals surface area contributed by atoms with Crippen molar-refractivity contribution in [3.63, 3.8) is 0 Å². The number of alkyl halides is 3. The lowest BCUT2D eigenvalue weighted by molar-refractivity contribution is -0.137. The highest BCUT2D eigenvalue weighted by atomic mass is 32.2. The summed E-state index contributed by atoms with van der Waals surface area (Å²) in [6, 6.07) is 4.40. The third-order valence-corrected chi connectivity index (χ3v) is 3.91. The van der Waals surface area contributed by atoms with Crippen LogP contribution in [0.2, 0.25) is 0 Å². The molecular formula is C15H22F3NS. The van der Waals surface area contributed by atoms with E-state index in [9.17, 15) is 13.2 Å². The maximum Gasteiger partial charge on any atom is 0.418 e. The van der Waals surface area contributed by atoms with Crippen LogP contribution in [-0.2, 0) is 6.18 Å². The number of benzene rings is 1. The minimum absolute atomic E-state index is 0.171. The van der Waals surface area contributed by atoms with Crippen LogP contribution < -0.4 is 5.32 Å². The van der Waals surface area contributed by atoms with Crippen molar-refractivity contribution < 1.29 is 13.2 Å². The van der Waals surface area contributed by atoms with Crippen LogP contribution in [0.3, 0.4) is 0 Å². The molecule has 0 aliphatic heterocycles. The lowest BCUT2D eigenvalue weighted by atomic mass is 10.1. The Hall–Kier alpha value is -0.840. The largest absolute Gasteiger partial charge is 0.418 e. The summed E-state index contributed by atoms with van der Waals surface area (Å²) in [5.74, 6) is 1.50. The SMILES string of the molecule is CCCCCCSCNc1ccc(C)cc1C(F)(F)F. The Morgan fingerprint density at radius 1 is 1.15 bits per heavy atom. The molecule has 0 aromatic heterocycles. The van der Waals surface area contributed by atoms with E-state index in [1.807, 2.05) is 0 Å². The van der Waals surface area contributed by atoms with Crippen LogP contribution in [0.15, 0.2) is 18.2 Å². The van der Waals surface area contributed by atoms with Gasteiger partial charge in [0, 0.05) is 5.69 Å². The maximum atomic E-state index is 12.9. The van der Waals surface area contributed by atoms with Gasteiger partial charge in [-0.3, -0.25) is 0 Å². The minimum atomic E-state index is -4.31. The monoisotopic (exact) mass is 305 g/mol. The lowest BCUT2D eigenvalue weighted by Gasteiger charge is -2.15. The summed E-state index contributed by atoms with van der Waals surface area (Å²) in [6.07, 6.45) is 0.438. The van der Waals surface area contributed by atoms with Gasteiger partial charge in [0.2, 0.25) is 0 Å². The van der Waals surface area contributed by atoms with Crippen molar-refractivity contribution >= 4 is 17.4 Å². The Kier molecular flexibility index (Phi) is 7.27. The highest BCUT2D eigenvalue weighted by molar-refractivity contribution is 7.99. The number of nitrogens with one attached hydrogen (secondary N) is 1. The van der Waals surface area contributed by atoms with Gasteiger partial charge < -0.3 is 5.32 Å². The summed E-state index contributed by atoms with van der Waals surface area (Å²) in [5.41, 5.74) is 0.211. The first-order chi connectivity index (χ1) is 9.45. The van der Waals surface area contributed by atoms with E-state index < -0.39 is 11.7 Å². The predicted molar refractivity (Wildman–Crippen MR) is 81.3 cm³/mol. The molecule has 1 rings (SSSR count). The first-order valence-corrected chi connectivity index (χ1v) is 8.10. The van der Waals surface area contributed by atoms with Crippen LogP contribution in [0, 0.1) is 6.92 Å². The molecule has 1 N–H and O–H groups in total. The fraction of sp³-hybridized carbons (Fsp3) is 0.600. The first kappa shape index (κ1) is 17.2. The average molecular weight is 305 g/mol. The number of rotatable bonds is 8. The third kappa shape index (κ3) is 6.07. The quantitative estimate of drug-likeness (QED) is 0.488. The summed E-state index contributed by atoms with van der Waals surface area (Å²) in [4.78, 5) is 0. The van der Waals surface area contributed by atoms with Gasteiger partial charge in [0.25, 0.3) is 0 Å². The van der Waals surface area contributed by atoms with Crippen molar-refractivity contribution in [2.75, 3.05) is 16.9 Å². The fourth-order valence-electron chi connectivity index (χ4n) is 1.88. The lowest BCUT2D eigenvalue weighted by Crippen LogP contribution is -2.11. The van der Waals surface area contributed by atoms with Crippen molar-refractivity contribution in [3.8, 4) is 0 Å². The molecule has 0 spiro atoms. The molecule has 114 valence electrons. The van der Waals surface area contributed by atoms with Gasteiger partial charge in [-0.15, -0.1) is 11.8 Å². The van der Waals surface area contributed by atoms with E-state index in [4.69, 9.17) is 0 Å². The fourth-order valence-corrected chi connectivity index (χ4v) is 2.69. The van der Waals surface area contributed by atoms with Gasteiger partial charge in [-0.1, -0.05) is 37.8 Å². The van der Waals surface area contributed by atoms with Crippen LogP contribution in [0.25, 0.3) is 0 Å². The van der Waals surface area contributed by atoms with Crippen LogP contribution in [0.1, 0.15) is 43.7 Å². The van der Waals surface area contributed by atoms with Crippen LogP contribution in [0.4, 0.5) is 18.9 Å². The molecule has 0 aliphatic rings. The predicted octanol–water partition coefficient (Wildman–Crippen LogP) is 5.70. The molecule has 1 nitrogen and oxygen atoms in total. The second-order valence-corrected chi connectivity index (χ2v) is 5.94.